The lowest BCUT2D eigenvalue weighted by Gasteiger charge is -2.00. The van der Waals surface area contributed by atoms with Crippen molar-refractivity contribution in [1.82, 2.24) is 9.88 Å². The van der Waals surface area contributed by atoms with Crippen LogP contribution in [-0.2, 0) is 18.4 Å². The fourth-order valence-electron chi connectivity index (χ4n) is 1.81. The van der Waals surface area contributed by atoms with E-state index in [2.05, 4.69) is 22.0 Å². The monoisotopic (exact) mass is 236 g/mol. The molecule has 0 saturated carbocycles. The van der Waals surface area contributed by atoms with Crippen molar-refractivity contribution in [2.24, 2.45) is 7.05 Å². The zero-order chi connectivity index (χ0) is 11.5. The zero-order valence-corrected chi connectivity index (χ0v) is 9.79. The van der Waals surface area contributed by atoms with Gasteiger partial charge in [-0.3, -0.25) is 4.79 Å². The number of nitrogens with one attached hydrogen (secondary N) is 1. The fourth-order valence-corrected chi connectivity index (χ4v) is 1.90. The largest absolute Gasteiger partial charge is 0.351 e. The number of amides is 1. The van der Waals surface area contributed by atoms with Crippen LogP contribution in [0, 0.1) is 0 Å². The number of para-hydroxylation sites is 1. The molecule has 1 N–H and O–H groups in total. The van der Waals surface area contributed by atoms with Crippen molar-refractivity contribution >= 4 is 28.4 Å². The number of rotatable bonds is 3. The van der Waals surface area contributed by atoms with Gasteiger partial charge in [-0.05, 0) is 11.6 Å². The summed E-state index contributed by atoms with van der Waals surface area (Å²) in [5.41, 5.74) is 2.27. The van der Waals surface area contributed by atoms with Crippen molar-refractivity contribution in [3.8, 4) is 0 Å². The second kappa shape index (κ2) is 4.58. The molecule has 0 saturated heterocycles. The summed E-state index contributed by atoms with van der Waals surface area (Å²) in [5, 5.41) is 3.94. The van der Waals surface area contributed by atoms with E-state index in [1.165, 1.54) is 5.39 Å². The minimum absolute atomic E-state index is 0.00473. The van der Waals surface area contributed by atoms with Crippen LogP contribution in [0.4, 0.5) is 0 Å². The summed E-state index contributed by atoms with van der Waals surface area (Å²) in [6.07, 6.45) is 2.03. The van der Waals surface area contributed by atoms with Crippen LogP contribution in [-0.4, -0.2) is 16.4 Å². The second-order valence-electron chi connectivity index (χ2n) is 3.69. The highest BCUT2D eigenvalue weighted by Crippen LogP contribution is 2.19. The zero-order valence-electron chi connectivity index (χ0n) is 9.03. The normalized spacial score (nSPS) is 10.6. The quantitative estimate of drug-likeness (QED) is 0.813. The molecule has 84 valence electrons. The van der Waals surface area contributed by atoms with Crippen molar-refractivity contribution in [3.63, 3.8) is 0 Å². The lowest BCUT2D eigenvalue weighted by atomic mass is 10.2. The van der Waals surface area contributed by atoms with E-state index in [1.54, 1.807) is 0 Å². The number of carbonyl (C=O) groups excluding carboxylic acids is 1. The van der Waals surface area contributed by atoms with Crippen molar-refractivity contribution < 1.29 is 4.79 Å². The maximum Gasteiger partial charge on any atom is 0.235 e. The first-order chi connectivity index (χ1) is 7.72. The lowest BCUT2D eigenvalue weighted by molar-refractivity contribution is -0.118. The number of aryl methyl sites for hydroxylation is 1. The molecule has 1 amide bonds. The van der Waals surface area contributed by atoms with Crippen molar-refractivity contribution in [1.29, 1.82) is 0 Å². The molecule has 1 aromatic heterocycles. The summed E-state index contributed by atoms with van der Waals surface area (Å²) in [5.74, 6) is -0.139. The molecular weight excluding hydrogens is 224 g/mol. The molecule has 1 heterocycles. The van der Waals surface area contributed by atoms with E-state index in [0.29, 0.717) is 6.54 Å². The lowest BCUT2D eigenvalue weighted by Crippen LogP contribution is -2.23. The van der Waals surface area contributed by atoms with Crippen LogP contribution in [0.2, 0.25) is 0 Å². The van der Waals surface area contributed by atoms with E-state index >= 15 is 0 Å². The molecule has 16 heavy (non-hydrogen) atoms. The van der Waals surface area contributed by atoms with Gasteiger partial charge in [0, 0.05) is 30.7 Å². The number of hydrogen-bond donors (Lipinski definition) is 1. The Balaban J connectivity index is 2.27. The van der Waals surface area contributed by atoms with Gasteiger partial charge in [-0.15, -0.1) is 11.6 Å². The maximum atomic E-state index is 11.1. The Morgan fingerprint density at radius 3 is 2.94 bits per heavy atom. The molecule has 4 heteroatoms. The molecule has 0 atom stereocenters. The summed E-state index contributed by atoms with van der Waals surface area (Å²) in [4.78, 5) is 11.1. The van der Waals surface area contributed by atoms with Crippen molar-refractivity contribution in [2.45, 2.75) is 6.54 Å². The number of halogens is 1. The van der Waals surface area contributed by atoms with Crippen LogP contribution in [0.1, 0.15) is 5.56 Å². The predicted molar refractivity (Wildman–Crippen MR) is 65.5 cm³/mol. The number of alkyl halides is 1. The van der Waals surface area contributed by atoms with Crippen molar-refractivity contribution in [3.05, 3.63) is 36.0 Å². The van der Waals surface area contributed by atoms with E-state index in [-0.39, 0.29) is 11.8 Å². The van der Waals surface area contributed by atoms with Gasteiger partial charge in [-0.1, -0.05) is 18.2 Å². The molecule has 0 bridgehead atoms. The Hall–Kier alpha value is -1.48. The average molecular weight is 237 g/mol. The van der Waals surface area contributed by atoms with Gasteiger partial charge in [0.05, 0.1) is 0 Å². The van der Waals surface area contributed by atoms with E-state index < -0.39 is 0 Å². The summed E-state index contributed by atoms with van der Waals surface area (Å²) in [7, 11) is 2.00. The third-order valence-corrected chi connectivity index (χ3v) is 2.82. The predicted octanol–water partition coefficient (Wildman–Crippen LogP) is 2.03. The SMILES string of the molecule is Cn1cc(CNC(=O)CCl)c2ccccc21. The van der Waals surface area contributed by atoms with Crippen LogP contribution in [0.15, 0.2) is 30.5 Å². The fraction of sp³-hybridized carbons (Fsp3) is 0.250. The van der Waals surface area contributed by atoms with Gasteiger partial charge in [0.1, 0.15) is 5.88 Å². The number of nitrogens with zero attached hydrogens (tertiary/aromatic N) is 1. The summed E-state index contributed by atoms with van der Waals surface area (Å²) in [6, 6.07) is 8.11. The Labute approximate surface area is 99.0 Å². The van der Waals surface area contributed by atoms with Gasteiger partial charge in [-0.2, -0.15) is 0 Å². The number of fused-ring (bicyclic) bond motifs is 1. The van der Waals surface area contributed by atoms with Gasteiger partial charge in [-0.25, -0.2) is 0 Å². The molecule has 0 fully saturated rings. The van der Waals surface area contributed by atoms with Gasteiger partial charge >= 0.3 is 0 Å². The minimum Gasteiger partial charge on any atom is -0.351 e. The molecular formula is C12H13ClN2O. The van der Waals surface area contributed by atoms with E-state index in [4.69, 9.17) is 11.6 Å². The smallest absolute Gasteiger partial charge is 0.235 e. The van der Waals surface area contributed by atoms with Crippen LogP contribution >= 0.6 is 11.6 Å². The Morgan fingerprint density at radius 1 is 1.44 bits per heavy atom. The molecule has 0 aliphatic heterocycles. The highest BCUT2D eigenvalue weighted by Gasteiger charge is 2.06. The molecule has 0 aliphatic carbocycles. The molecule has 2 rings (SSSR count). The molecule has 0 spiro atoms. The molecule has 1 aromatic carbocycles. The molecule has 0 radical (unpaired) electrons. The van der Waals surface area contributed by atoms with Gasteiger partial charge in [0.15, 0.2) is 0 Å². The van der Waals surface area contributed by atoms with E-state index in [9.17, 15) is 4.79 Å². The number of benzene rings is 1. The highest BCUT2D eigenvalue weighted by molar-refractivity contribution is 6.27. The molecule has 3 nitrogen and oxygen atoms in total. The second-order valence-corrected chi connectivity index (χ2v) is 3.96. The maximum absolute atomic E-state index is 11.1. The Kier molecular flexibility index (Phi) is 3.15. The van der Waals surface area contributed by atoms with Crippen LogP contribution in [0.25, 0.3) is 10.9 Å². The number of aromatic nitrogens is 1. The van der Waals surface area contributed by atoms with E-state index in [0.717, 1.165) is 11.1 Å². The summed E-state index contributed by atoms with van der Waals surface area (Å²) >= 11 is 5.42. The van der Waals surface area contributed by atoms with Gasteiger partial charge in [0.2, 0.25) is 5.91 Å². The Bertz CT molecular complexity index is 519. The van der Waals surface area contributed by atoms with Crippen LogP contribution in [0.3, 0.4) is 0 Å². The van der Waals surface area contributed by atoms with Crippen LogP contribution in [0.5, 0.6) is 0 Å². The average Bonchev–Trinajstić information content (AvgIpc) is 2.64. The van der Waals surface area contributed by atoms with Gasteiger partial charge in [0.25, 0.3) is 0 Å². The topological polar surface area (TPSA) is 34.0 Å². The van der Waals surface area contributed by atoms with Crippen molar-refractivity contribution in [2.75, 3.05) is 5.88 Å². The molecule has 2 aromatic rings. The summed E-state index contributed by atoms with van der Waals surface area (Å²) < 4.78 is 2.05. The third kappa shape index (κ3) is 2.04. The standard InChI is InChI=1S/C12H13ClN2O/c1-15-8-9(7-14-12(16)6-13)10-4-2-3-5-11(10)15/h2-5,8H,6-7H2,1H3,(H,14,16). The number of hydrogen-bond acceptors (Lipinski definition) is 1. The first kappa shape index (κ1) is 11.0. The molecule has 0 aliphatic rings. The van der Waals surface area contributed by atoms with Gasteiger partial charge < -0.3 is 9.88 Å². The van der Waals surface area contributed by atoms with E-state index in [1.807, 2.05) is 25.4 Å². The molecule has 0 unspecified atom stereocenters. The first-order valence-corrected chi connectivity index (χ1v) is 5.61. The summed E-state index contributed by atoms with van der Waals surface area (Å²) in [6.45, 7) is 0.521. The first-order valence-electron chi connectivity index (χ1n) is 5.08. The van der Waals surface area contributed by atoms with Crippen LogP contribution < -0.4 is 5.32 Å². The minimum atomic E-state index is -0.144. The number of carbonyl (C=O) groups is 1. The Morgan fingerprint density at radius 2 is 2.19 bits per heavy atom. The highest BCUT2D eigenvalue weighted by atomic mass is 35.5. The third-order valence-electron chi connectivity index (χ3n) is 2.58.